The molecule has 0 spiro atoms. The Hall–Kier alpha value is -2.57. The number of carbonyl (C=O) groups is 4. The van der Waals surface area contributed by atoms with E-state index in [0.29, 0.717) is 12.0 Å². The van der Waals surface area contributed by atoms with Crippen LogP contribution in [0.25, 0.3) is 0 Å². The zero-order valence-corrected chi connectivity index (χ0v) is 13.8. The topological polar surface area (TPSA) is 83.6 Å². The Bertz CT molecular complexity index is 730. The summed E-state index contributed by atoms with van der Waals surface area (Å²) < 4.78 is 13.8. The molecule has 2 heterocycles. The fourth-order valence-corrected chi connectivity index (χ4v) is 2.81. The minimum Gasteiger partial charge on any atom is -0.295 e. The van der Waals surface area contributed by atoms with Crippen molar-refractivity contribution in [3.63, 3.8) is 0 Å². The first-order chi connectivity index (χ1) is 11.4. The van der Waals surface area contributed by atoms with Crippen molar-refractivity contribution < 1.29 is 23.6 Å². The summed E-state index contributed by atoms with van der Waals surface area (Å²) in [5, 5.41) is 2.11. The van der Waals surface area contributed by atoms with Crippen molar-refractivity contribution in [2.75, 3.05) is 0 Å². The molecule has 1 unspecified atom stereocenters. The molecule has 4 amide bonds. The van der Waals surface area contributed by atoms with E-state index in [1.54, 1.807) is 6.92 Å². The average molecular weight is 334 g/mol. The zero-order chi connectivity index (χ0) is 18.0. The number of piperidine rings is 1. The Morgan fingerprint density at radius 3 is 2.25 bits per heavy atom. The number of imide groups is 2. The third-order valence-electron chi connectivity index (χ3n) is 3.99. The van der Waals surface area contributed by atoms with E-state index < -0.39 is 35.5 Å². The van der Waals surface area contributed by atoms with Gasteiger partial charge in [0.25, 0.3) is 11.8 Å². The first-order valence-electron chi connectivity index (χ1n) is 7.98. The van der Waals surface area contributed by atoms with Crippen molar-refractivity contribution in [1.82, 2.24) is 10.2 Å². The summed E-state index contributed by atoms with van der Waals surface area (Å²) in [5.74, 6) is -2.98. The molecule has 6 nitrogen and oxygen atoms in total. The number of amides is 4. The van der Waals surface area contributed by atoms with Crippen LogP contribution in [0.5, 0.6) is 0 Å². The average Bonchev–Trinajstić information content (AvgIpc) is 2.80. The number of carbonyl (C=O) groups excluding carboxylic acids is 4. The maximum atomic E-state index is 13.8. The number of hydrogen-bond donors (Lipinski definition) is 1. The fourth-order valence-electron chi connectivity index (χ4n) is 2.81. The van der Waals surface area contributed by atoms with Gasteiger partial charge in [0.1, 0.15) is 11.9 Å². The number of rotatable bonds is 2. The molecule has 0 saturated carbocycles. The highest BCUT2D eigenvalue weighted by Crippen LogP contribution is 2.29. The maximum absolute atomic E-state index is 13.8. The predicted molar refractivity (Wildman–Crippen MR) is 83.8 cm³/mol. The van der Waals surface area contributed by atoms with Crippen molar-refractivity contribution >= 4 is 23.6 Å². The molecule has 24 heavy (non-hydrogen) atoms. The smallest absolute Gasteiger partial charge is 0.262 e. The molecule has 1 aromatic rings. The van der Waals surface area contributed by atoms with Gasteiger partial charge in [-0.3, -0.25) is 29.4 Å². The Labute approximate surface area is 139 Å². The van der Waals surface area contributed by atoms with Gasteiger partial charge in [0.15, 0.2) is 0 Å². The van der Waals surface area contributed by atoms with Crippen LogP contribution in [-0.2, 0) is 16.0 Å². The second-order valence-electron chi connectivity index (χ2n) is 5.29. The van der Waals surface area contributed by atoms with Gasteiger partial charge in [-0.15, -0.1) is 0 Å². The van der Waals surface area contributed by atoms with Crippen LogP contribution >= 0.6 is 0 Å². The molecule has 2 aliphatic heterocycles. The van der Waals surface area contributed by atoms with Crippen LogP contribution in [0.2, 0.25) is 0 Å². The quantitative estimate of drug-likeness (QED) is 0.836. The van der Waals surface area contributed by atoms with E-state index >= 15 is 0 Å². The molecule has 2 aliphatic rings. The van der Waals surface area contributed by atoms with Gasteiger partial charge in [-0.1, -0.05) is 20.8 Å². The predicted octanol–water partition coefficient (Wildman–Crippen LogP) is 1.82. The Balaban J connectivity index is 0.00000100. The van der Waals surface area contributed by atoms with Gasteiger partial charge < -0.3 is 0 Å². The number of hydrogen-bond acceptors (Lipinski definition) is 4. The molecule has 1 N–H and O–H groups in total. The highest BCUT2D eigenvalue weighted by molar-refractivity contribution is 6.23. The maximum Gasteiger partial charge on any atom is 0.262 e. The molecule has 1 aromatic carbocycles. The molecule has 0 aliphatic carbocycles. The molecule has 3 rings (SSSR count). The van der Waals surface area contributed by atoms with E-state index in [1.165, 1.54) is 6.07 Å². The first kappa shape index (κ1) is 17.8. The number of halogens is 1. The van der Waals surface area contributed by atoms with Crippen LogP contribution in [0, 0.1) is 5.82 Å². The molecular formula is C17H19FN2O4. The molecule has 0 bridgehead atoms. The number of aryl methyl sites for hydroxylation is 1. The summed E-state index contributed by atoms with van der Waals surface area (Å²) in [6.07, 6.45) is 0.524. The summed E-state index contributed by atoms with van der Waals surface area (Å²) in [7, 11) is 0. The van der Waals surface area contributed by atoms with Crippen LogP contribution in [0.1, 0.15) is 59.9 Å². The first-order valence-corrected chi connectivity index (χ1v) is 7.98. The van der Waals surface area contributed by atoms with E-state index in [2.05, 4.69) is 5.32 Å². The van der Waals surface area contributed by atoms with Crippen molar-refractivity contribution in [1.29, 1.82) is 0 Å². The minimum atomic E-state index is -1.03. The van der Waals surface area contributed by atoms with Crippen molar-refractivity contribution in [3.05, 3.63) is 34.6 Å². The lowest BCUT2D eigenvalue weighted by molar-refractivity contribution is -0.136. The van der Waals surface area contributed by atoms with Gasteiger partial charge >= 0.3 is 0 Å². The number of benzene rings is 1. The SMILES string of the molecule is CC.CCc1cc2c(cc1F)C(=O)N(C1CCC(=O)NC1=O)C2=O. The largest absolute Gasteiger partial charge is 0.295 e. The Morgan fingerprint density at radius 2 is 1.71 bits per heavy atom. The highest BCUT2D eigenvalue weighted by atomic mass is 19.1. The molecule has 0 aromatic heterocycles. The lowest BCUT2D eigenvalue weighted by Gasteiger charge is -2.27. The second-order valence-corrected chi connectivity index (χ2v) is 5.29. The van der Waals surface area contributed by atoms with E-state index in [-0.39, 0.29) is 24.0 Å². The Morgan fingerprint density at radius 1 is 1.12 bits per heavy atom. The number of nitrogens with one attached hydrogen (secondary N) is 1. The number of nitrogens with zero attached hydrogens (tertiary/aromatic N) is 1. The van der Waals surface area contributed by atoms with Gasteiger partial charge in [0.05, 0.1) is 11.1 Å². The molecule has 1 atom stereocenters. The molecule has 1 fully saturated rings. The monoisotopic (exact) mass is 334 g/mol. The lowest BCUT2D eigenvalue weighted by Crippen LogP contribution is -2.54. The highest BCUT2D eigenvalue weighted by Gasteiger charge is 2.44. The zero-order valence-electron chi connectivity index (χ0n) is 13.8. The van der Waals surface area contributed by atoms with Gasteiger partial charge in [-0.2, -0.15) is 0 Å². The van der Waals surface area contributed by atoms with Crippen LogP contribution < -0.4 is 5.32 Å². The minimum absolute atomic E-state index is 0.0376. The third-order valence-corrected chi connectivity index (χ3v) is 3.99. The normalized spacial score (nSPS) is 19.7. The van der Waals surface area contributed by atoms with Gasteiger partial charge in [-0.25, -0.2) is 4.39 Å². The van der Waals surface area contributed by atoms with E-state index in [4.69, 9.17) is 0 Å². The van der Waals surface area contributed by atoms with E-state index in [0.717, 1.165) is 11.0 Å². The molecule has 7 heteroatoms. The molecular weight excluding hydrogens is 315 g/mol. The second kappa shape index (κ2) is 6.90. The summed E-state index contributed by atoms with van der Waals surface area (Å²) in [6, 6.07) is 1.37. The van der Waals surface area contributed by atoms with Crippen LogP contribution in [-0.4, -0.2) is 34.6 Å². The summed E-state index contributed by atoms with van der Waals surface area (Å²) >= 11 is 0. The van der Waals surface area contributed by atoms with Crippen molar-refractivity contribution in [2.24, 2.45) is 0 Å². The lowest BCUT2D eigenvalue weighted by atomic mass is 10.0. The number of fused-ring (bicyclic) bond motifs is 1. The van der Waals surface area contributed by atoms with E-state index in [9.17, 15) is 23.6 Å². The van der Waals surface area contributed by atoms with Gasteiger partial charge in [0.2, 0.25) is 11.8 Å². The van der Waals surface area contributed by atoms with Crippen LogP contribution in [0.4, 0.5) is 4.39 Å². The van der Waals surface area contributed by atoms with E-state index in [1.807, 2.05) is 13.8 Å². The summed E-state index contributed by atoms with van der Waals surface area (Å²) in [5.41, 5.74) is 0.405. The van der Waals surface area contributed by atoms with Crippen molar-refractivity contribution in [2.45, 2.75) is 46.1 Å². The standard InChI is InChI=1S/C15H13FN2O4.C2H6/c1-2-7-5-8-9(6-10(7)16)15(22)18(14(8)21)11-3-4-12(19)17-13(11)20;1-2/h5-6,11H,2-4H2,1H3,(H,17,19,20);1-2H3. The summed E-state index contributed by atoms with van der Waals surface area (Å²) in [6.45, 7) is 5.74. The van der Waals surface area contributed by atoms with Crippen LogP contribution in [0.3, 0.4) is 0 Å². The Kier molecular flexibility index (Phi) is 5.11. The molecule has 1 saturated heterocycles. The fraction of sp³-hybridized carbons (Fsp3) is 0.412. The molecule has 128 valence electrons. The molecule has 0 radical (unpaired) electrons. The summed E-state index contributed by atoms with van der Waals surface area (Å²) in [4.78, 5) is 48.7. The van der Waals surface area contributed by atoms with Gasteiger partial charge in [0, 0.05) is 6.42 Å². The van der Waals surface area contributed by atoms with Gasteiger partial charge in [-0.05, 0) is 30.5 Å². The van der Waals surface area contributed by atoms with Crippen molar-refractivity contribution in [3.8, 4) is 0 Å². The van der Waals surface area contributed by atoms with Crippen LogP contribution in [0.15, 0.2) is 12.1 Å². The third kappa shape index (κ3) is 2.81.